The molecule has 0 aliphatic carbocycles. The van der Waals surface area contributed by atoms with Gasteiger partial charge in [-0.15, -0.1) is 0 Å². The third-order valence-corrected chi connectivity index (χ3v) is 1.65. The first-order chi connectivity index (χ1) is 6.67. The molecule has 0 atom stereocenters. The Hall–Kier alpha value is -1.85. The van der Waals surface area contributed by atoms with Crippen molar-refractivity contribution in [2.24, 2.45) is 0 Å². The fraction of sp³-hybridized carbons (Fsp3) is 0.375. The van der Waals surface area contributed by atoms with E-state index in [2.05, 4.69) is 4.98 Å². The summed E-state index contributed by atoms with van der Waals surface area (Å²) >= 11 is 0. The van der Waals surface area contributed by atoms with Gasteiger partial charge in [-0.05, 0) is 0 Å². The van der Waals surface area contributed by atoms with E-state index in [4.69, 9.17) is 9.47 Å². The number of nitro groups is 1. The molecule has 6 nitrogen and oxygen atoms in total. The van der Waals surface area contributed by atoms with Gasteiger partial charge in [-0.3, -0.25) is 10.1 Å². The maximum Gasteiger partial charge on any atom is 0.232 e. The molecule has 14 heavy (non-hydrogen) atoms. The second kappa shape index (κ2) is 4.40. The Morgan fingerprint density at radius 1 is 1.50 bits per heavy atom. The van der Waals surface area contributed by atoms with Crippen molar-refractivity contribution in [2.75, 3.05) is 14.2 Å². The number of hydrogen-bond donors (Lipinski definition) is 0. The fourth-order valence-corrected chi connectivity index (χ4v) is 1.02. The van der Waals surface area contributed by atoms with Crippen molar-refractivity contribution in [3.8, 4) is 11.6 Å². The zero-order chi connectivity index (χ0) is 10.6. The molecule has 0 aliphatic heterocycles. The van der Waals surface area contributed by atoms with E-state index in [1.54, 1.807) is 0 Å². The normalized spacial score (nSPS) is 9.57. The number of rotatable bonds is 4. The molecule has 0 N–H and O–H groups in total. The van der Waals surface area contributed by atoms with Gasteiger partial charge in [0.15, 0.2) is 0 Å². The first-order valence-electron chi connectivity index (χ1n) is 3.86. The van der Waals surface area contributed by atoms with Crippen molar-refractivity contribution in [2.45, 2.75) is 6.54 Å². The Morgan fingerprint density at radius 2 is 2.21 bits per heavy atom. The van der Waals surface area contributed by atoms with E-state index in [1.807, 2.05) is 0 Å². The van der Waals surface area contributed by atoms with Crippen LogP contribution in [0.2, 0.25) is 0 Å². The Kier molecular flexibility index (Phi) is 3.22. The van der Waals surface area contributed by atoms with E-state index in [-0.39, 0.29) is 6.54 Å². The van der Waals surface area contributed by atoms with Crippen LogP contribution in [0.4, 0.5) is 0 Å². The smallest absolute Gasteiger partial charge is 0.232 e. The predicted octanol–water partition coefficient (Wildman–Crippen LogP) is 0.875. The van der Waals surface area contributed by atoms with E-state index in [0.29, 0.717) is 17.2 Å². The molecule has 0 radical (unpaired) electrons. The highest BCUT2D eigenvalue weighted by atomic mass is 16.6. The molecule has 1 aromatic rings. The van der Waals surface area contributed by atoms with Crippen LogP contribution in [-0.2, 0) is 6.54 Å². The van der Waals surface area contributed by atoms with Crippen molar-refractivity contribution >= 4 is 0 Å². The van der Waals surface area contributed by atoms with Gasteiger partial charge in [-0.2, -0.15) is 0 Å². The highest BCUT2D eigenvalue weighted by molar-refractivity contribution is 5.33. The number of pyridine rings is 1. The van der Waals surface area contributed by atoms with E-state index in [9.17, 15) is 10.1 Å². The van der Waals surface area contributed by atoms with Gasteiger partial charge in [0.05, 0.1) is 26.0 Å². The third kappa shape index (κ3) is 2.32. The van der Waals surface area contributed by atoms with Crippen LogP contribution >= 0.6 is 0 Å². The largest absolute Gasteiger partial charge is 0.495 e. The van der Waals surface area contributed by atoms with Crippen LogP contribution < -0.4 is 9.47 Å². The first kappa shape index (κ1) is 10.2. The summed E-state index contributed by atoms with van der Waals surface area (Å²) in [6.07, 6.45) is 1.40. The second-order valence-corrected chi connectivity index (χ2v) is 2.53. The van der Waals surface area contributed by atoms with Crippen molar-refractivity contribution in [3.05, 3.63) is 27.9 Å². The zero-order valence-electron chi connectivity index (χ0n) is 7.89. The SMILES string of the molecule is COc1cc(C[N+](=O)[O-])c(OC)cn1. The maximum absolute atomic E-state index is 10.3. The van der Waals surface area contributed by atoms with Crippen molar-refractivity contribution < 1.29 is 14.4 Å². The predicted molar refractivity (Wildman–Crippen MR) is 48.0 cm³/mol. The summed E-state index contributed by atoms with van der Waals surface area (Å²) < 4.78 is 9.77. The summed E-state index contributed by atoms with van der Waals surface area (Å²) in [4.78, 5) is 13.8. The lowest BCUT2D eigenvalue weighted by molar-refractivity contribution is -0.496. The highest BCUT2D eigenvalue weighted by Crippen LogP contribution is 2.21. The molecule has 0 aromatic carbocycles. The van der Waals surface area contributed by atoms with E-state index in [0.717, 1.165) is 0 Å². The van der Waals surface area contributed by atoms with Crippen LogP contribution in [0.1, 0.15) is 5.56 Å². The molecule has 0 fully saturated rings. The minimum Gasteiger partial charge on any atom is -0.495 e. The lowest BCUT2D eigenvalue weighted by atomic mass is 10.2. The molecule has 0 saturated carbocycles. The third-order valence-electron chi connectivity index (χ3n) is 1.65. The molecule has 1 rings (SSSR count). The quantitative estimate of drug-likeness (QED) is 0.530. The van der Waals surface area contributed by atoms with Gasteiger partial charge in [-0.25, -0.2) is 4.98 Å². The average Bonchev–Trinajstić information content (AvgIpc) is 2.16. The monoisotopic (exact) mass is 198 g/mol. The number of aromatic nitrogens is 1. The Morgan fingerprint density at radius 3 is 2.71 bits per heavy atom. The molecule has 0 bridgehead atoms. The summed E-state index contributed by atoms with van der Waals surface area (Å²) in [5, 5.41) is 10.3. The highest BCUT2D eigenvalue weighted by Gasteiger charge is 2.11. The van der Waals surface area contributed by atoms with Crippen LogP contribution in [0.3, 0.4) is 0 Å². The molecule has 1 aromatic heterocycles. The molecule has 1 heterocycles. The number of ether oxygens (including phenoxy) is 2. The first-order valence-corrected chi connectivity index (χ1v) is 3.86. The fourth-order valence-electron chi connectivity index (χ4n) is 1.02. The number of nitrogens with zero attached hydrogens (tertiary/aromatic N) is 2. The van der Waals surface area contributed by atoms with E-state index >= 15 is 0 Å². The molecule has 76 valence electrons. The van der Waals surface area contributed by atoms with Gasteiger partial charge in [0.2, 0.25) is 12.4 Å². The van der Waals surface area contributed by atoms with Gasteiger partial charge >= 0.3 is 0 Å². The van der Waals surface area contributed by atoms with Gasteiger partial charge in [0.1, 0.15) is 5.75 Å². The summed E-state index contributed by atoms with van der Waals surface area (Å²) in [6.45, 7) is -0.304. The standard InChI is InChI=1S/C8H10N2O4/c1-13-7-4-9-8(14-2)3-6(7)5-10(11)12/h3-4H,5H2,1-2H3. The molecular formula is C8H10N2O4. The lowest BCUT2D eigenvalue weighted by Crippen LogP contribution is -2.02. The Bertz CT molecular complexity index is 340. The molecule has 0 unspecified atom stereocenters. The molecule has 0 spiro atoms. The molecule has 0 amide bonds. The van der Waals surface area contributed by atoms with Crippen molar-refractivity contribution in [1.29, 1.82) is 0 Å². The van der Waals surface area contributed by atoms with Gasteiger partial charge in [-0.1, -0.05) is 0 Å². The van der Waals surface area contributed by atoms with Crippen LogP contribution in [0.25, 0.3) is 0 Å². The topological polar surface area (TPSA) is 74.5 Å². The number of methoxy groups -OCH3 is 2. The maximum atomic E-state index is 10.3. The summed E-state index contributed by atoms with van der Waals surface area (Å²) in [5.74, 6) is 0.727. The van der Waals surface area contributed by atoms with Crippen LogP contribution in [-0.4, -0.2) is 24.1 Å². The zero-order valence-corrected chi connectivity index (χ0v) is 7.89. The molecule has 6 heteroatoms. The van der Waals surface area contributed by atoms with Gasteiger partial charge < -0.3 is 9.47 Å². The Balaban J connectivity index is 3.01. The summed E-state index contributed by atoms with van der Waals surface area (Å²) in [7, 11) is 2.89. The lowest BCUT2D eigenvalue weighted by Gasteiger charge is -2.05. The minimum atomic E-state index is -0.433. The van der Waals surface area contributed by atoms with Crippen molar-refractivity contribution in [3.63, 3.8) is 0 Å². The van der Waals surface area contributed by atoms with Gasteiger partial charge in [0, 0.05) is 11.0 Å². The van der Waals surface area contributed by atoms with E-state index in [1.165, 1.54) is 26.5 Å². The molecule has 0 aliphatic rings. The van der Waals surface area contributed by atoms with E-state index < -0.39 is 4.92 Å². The van der Waals surface area contributed by atoms with Crippen LogP contribution in [0.5, 0.6) is 11.6 Å². The second-order valence-electron chi connectivity index (χ2n) is 2.53. The average molecular weight is 198 g/mol. The molecular weight excluding hydrogens is 188 g/mol. The van der Waals surface area contributed by atoms with Gasteiger partial charge in [0.25, 0.3) is 0 Å². The Labute approximate surface area is 80.6 Å². The van der Waals surface area contributed by atoms with Crippen molar-refractivity contribution in [1.82, 2.24) is 4.98 Å². The summed E-state index contributed by atoms with van der Waals surface area (Å²) in [5.41, 5.74) is 0.448. The summed E-state index contributed by atoms with van der Waals surface area (Å²) in [6, 6.07) is 1.49. The van der Waals surface area contributed by atoms with Crippen LogP contribution in [0, 0.1) is 10.1 Å². The number of hydrogen-bond acceptors (Lipinski definition) is 5. The minimum absolute atomic E-state index is 0.304. The van der Waals surface area contributed by atoms with Crippen LogP contribution in [0.15, 0.2) is 12.3 Å². The molecule has 0 saturated heterocycles.